The van der Waals surface area contributed by atoms with Crippen LogP contribution in [-0.2, 0) is 4.79 Å². The van der Waals surface area contributed by atoms with E-state index in [1.54, 1.807) is 0 Å². The predicted molar refractivity (Wildman–Crippen MR) is 60.9 cm³/mol. The number of likely N-dealkylation sites (N-methyl/N-ethyl adjacent to an activating group) is 1. The summed E-state index contributed by atoms with van der Waals surface area (Å²) in [7, 11) is 4.27. The maximum atomic E-state index is 11.3. The summed E-state index contributed by atoms with van der Waals surface area (Å²) in [4.78, 5) is 16.2. The first-order valence-electron chi connectivity index (χ1n) is 6.09. The third-order valence-corrected chi connectivity index (χ3v) is 3.69. The van der Waals surface area contributed by atoms with Crippen LogP contribution >= 0.6 is 0 Å². The second-order valence-corrected chi connectivity index (χ2v) is 5.23. The van der Waals surface area contributed by atoms with Gasteiger partial charge in [0.05, 0.1) is 0 Å². The van der Waals surface area contributed by atoms with Gasteiger partial charge in [-0.1, -0.05) is 0 Å². The van der Waals surface area contributed by atoms with Crippen LogP contribution in [-0.4, -0.2) is 54.9 Å². The number of rotatable bonds is 3. The Bertz CT molecular complexity index is 240. The number of ketones is 1. The average molecular weight is 210 g/mol. The molecule has 0 aromatic rings. The molecule has 2 unspecified atom stereocenters. The normalized spacial score (nSPS) is 33.1. The van der Waals surface area contributed by atoms with Gasteiger partial charge in [-0.25, -0.2) is 0 Å². The smallest absolute Gasteiger partial charge is 0.134 e. The Balaban J connectivity index is 1.92. The molecule has 3 nitrogen and oxygen atoms in total. The lowest BCUT2D eigenvalue weighted by Crippen LogP contribution is -2.42. The topological polar surface area (TPSA) is 23.6 Å². The van der Waals surface area contributed by atoms with E-state index in [4.69, 9.17) is 0 Å². The fraction of sp³-hybridized carbons (Fsp3) is 0.917. The van der Waals surface area contributed by atoms with Crippen LogP contribution < -0.4 is 0 Å². The van der Waals surface area contributed by atoms with Crippen molar-refractivity contribution in [1.29, 1.82) is 0 Å². The number of nitrogens with zero attached hydrogens (tertiary/aromatic N) is 2. The number of Topliss-reactive ketones (excluding diaryl/α,β-unsaturated/α-hetero) is 1. The summed E-state index contributed by atoms with van der Waals surface area (Å²) < 4.78 is 0. The molecule has 0 aromatic carbocycles. The lowest BCUT2D eigenvalue weighted by molar-refractivity contribution is -0.117. The van der Waals surface area contributed by atoms with Crippen molar-refractivity contribution in [3.05, 3.63) is 0 Å². The third kappa shape index (κ3) is 2.58. The first kappa shape index (κ1) is 11.1. The molecule has 0 aromatic heterocycles. The molecule has 2 aliphatic rings. The second-order valence-electron chi connectivity index (χ2n) is 5.23. The molecule has 0 N–H and O–H groups in total. The summed E-state index contributed by atoms with van der Waals surface area (Å²) in [6, 6.07) is 1.25. The molecule has 1 saturated heterocycles. The molecular formula is C12H22N2O. The molecule has 0 spiro atoms. The molecule has 3 heteroatoms. The molecule has 0 radical (unpaired) electrons. The van der Waals surface area contributed by atoms with E-state index in [0.717, 1.165) is 25.8 Å². The van der Waals surface area contributed by atoms with Gasteiger partial charge in [0.15, 0.2) is 0 Å². The van der Waals surface area contributed by atoms with Crippen LogP contribution in [0.1, 0.15) is 32.1 Å². The number of likely N-dealkylation sites (tertiary alicyclic amines) is 1. The summed E-state index contributed by atoms with van der Waals surface area (Å²) in [5.74, 6) is 0.468. The van der Waals surface area contributed by atoms with Crippen LogP contribution in [0.25, 0.3) is 0 Å². The van der Waals surface area contributed by atoms with Gasteiger partial charge in [0.2, 0.25) is 0 Å². The Morgan fingerprint density at radius 1 is 1.40 bits per heavy atom. The molecular weight excluding hydrogens is 188 g/mol. The maximum Gasteiger partial charge on any atom is 0.134 e. The zero-order valence-electron chi connectivity index (χ0n) is 9.91. The Hall–Kier alpha value is -0.410. The van der Waals surface area contributed by atoms with Gasteiger partial charge in [-0.2, -0.15) is 0 Å². The van der Waals surface area contributed by atoms with Gasteiger partial charge >= 0.3 is 0 Å². The van der Waals surface area contributed by atoms with Gasteiger partial charge < -0.3 is 4.90 Å². The summed E-state index contributed by atoms with van der Waals surface area (Å²) in [6.07, 6.45) is 5.34. The SMILES string of the molecule is CN(C)CC1CCCN1C1CCC(=O)C1. The van der Waals surface area contributed by atoms with E-state index in [9.17, 15) is 4.79 Å². The summed E-state index contributed by atoms with van der Waals surface area (Å²) in [5, 5.41) is 0. The highest BCUT2D eigenvalue weighted by Crippen LogP contribution is 2.28. The van der Waals surface area contributed by atoms with Crippen molar-refractivity contribution in [3.8, 4) is 0 Å². The monoisotopic (exact) mass is 210 g/mol. The Morgan fingerprint density at radius 3 is 2.80 bits per heavy atom. The molecule has 2 atom stereocenters. The highest BCUT2D eigenvalue weighted by atomic mass is 16.1. The molecule has 86 valence electrons. The third-order valence-electron chi connectivity index (χ3n) is 3.69. The Kier molecular flexibility index (Phi) is 3.42. The Labute approximate surface area is 92.4 Å². The lowest BCUT2D eigenvalue weighted by atomic mass is 10.1. The molecule has 1 aliphatic heterocycles. The van der Waals surface area contributed by atoms with Gasteiger partial charge in [0.1, 0.15) is 5.78 Å². The minimum absolute atomic E-state index is 0.468. The van der Waals surface area contributed by atoms with Crippen LogP contribution in [0.15, 0.2) is 0 Å². The van der Waals surface area contributed by atoms with Crippen LogP contribution in [0.4, 0.5) is 0 Å². The summed E-state index contributed by atoms with van der Waals surface area (Å²) in [6.45, 7) is 2.35. The van der Waals surface area contributed by atoms with Crippen LogP contribution in [0.3, 0.4) is 0 Å². The first-order chi connectivity index (χ1) is 7.16. The first-order valence-corrected chi connectivity index (χ1v) is 6.09. The van der Waals surface area contributed by atoms with Crippen LogP contribution in [0, 0.1) is 0 Å². The van der Waals surface area contributed by atoms with Crippen molar-refractivity contribution in [2.45, 2.75) is 44.2 Å². The molecule has 15 heavy (non-hydrogen) atoms. The van der Waals surface area contributed by atoms with Gasteiger partial charge in [-0.3, -0.25) is 9.69 Å². The van der Waals surface area contributed by atoms with E-state index >= 15 is 0 Å². The highest BCUT2D eigenvalue weighted by molar-refractivity contribution is 5.81. The number of carbonyl (C=O) groups is 1. The minimum Gasteiger partial charge on any atom is -0.308 e. The summed E-state index contributed by atoms with van der Waals surface area (Å²) in [5.41, 5.74) is 0. The molecule has 2 fully saturated rings. The largest absolute Gasteiger partial charge is 0.308 e. The highest BCUT2D eigenvalue weighted by Gasteiger charge is 2.34. The standard InChI is InChI=1S/C12H22N2O/c1-13(2)9-11-4-3-7-14(11)10-5-6-12(15)8-10/h10-11H,3-9H2,1-2H3. The van der Waals surface area contributed by atoms with Crippen molar-refractivity contribution >= 4 is 5.78 Å². The minimum atomic E-state index is 0.468. The van der Waals surface area contributed by atoms with E-state index in [-0.39, 0.29) is 0 Å². The van der Waals surface area contributed by atoms with Crippen molar-refractivity contribution < 1.29 is 4.79 Å². The average Bonchev–Trinajstić information content (AvgIpc) is 2.72. The zero-order valence-corrected chi connectivity index (χ0v) is 9.91. The van der Waals surface area contributed by atoms with Crippen molar-refractivity contribution in [1.82, 2.24) is 9.80 Å². The second kappa shape index (κ2) is 4.62. The van der Waals surface area contributed by atoms with Crippen LogP contribution in [0.5, 0.6) is 0 Å². The number of carbonyl (C=O) groups excluding carboxylic acids is 1. The predicted octanol–water partition coefficient (Wildman–Crippen LogP) is 1.13. The zero-order chi connectivity index (χ0) is 10.8. The van der Waals surface area contributed by atoms with Gasteiger partial charge in [0, 0.05) is 31.5 Å². The molecule has 1 heterocycles. The lowest BCUT2D eigenvalue weighted by Gasteiger charge is -2.31. The van der Waals surface area contributed by atoms with E-state index in [1.165, 1.54) is 19.4 Å². The summed E-state index contributed by atoms with van der Waals surface area (Å²) >= 11 is 0. The molecule has 0 amide bonds. The molecule has 2 rings (SSSR count). The van der Waals surface area contributed by atoms with Crippen LogP contribution in [0.2, 0.25) is 0 Å². The molecule has 0 bridgehead atoms. The van der Waals surface area contributed by atoms with Crippen molar-refractivity contribution in [2.24, 2.45) is 0 Å². The maximum absolute atomic E-state index is 11.3. The van der Waals surface area contributed by atoms with E-state index in [2.05, 4.69) is 23.9 Å². The van der Waals surface area contributed by atoms with Gasteiger partial charge in [-0.05, 0) is 39.9 Å². The quantitative estimate of drug-likeness (QED) is 0.698. The molecule has 1 aliphatic carbocycles. The number of hydrogen-bond donors (Lipinski definition) is 0. The van der Waals surface area contributed by atoms with E-state index in [0.29, 0.717) is 17.9 Å². The van der Waals surface area contributed by atoms with E-state index < -0.39 is 0 Å². The van der Waals surface area contributed by atoms with E-state index in [1.807, 2.05) is 0 Å². The Morgan fingerprint density at radius 2 is 2.20 bits per heavy atom. The number of hydrogen-bond acceptors (Lipinski definition) is 3. The van der Waals surface area contributed by atoms with Crippen molar-refractivity contribution in [3.63, 3.8) is 0 Å². The van der Waals surface area contributed by atoms with Crippen molar-refractivity contribution in [2.75, 3.05) is 27.2 Å². The fourth-order valence-corrected chi connectivity index (χ4v) is 3.03. The van der Waals surface area contributed by atoms with Gasteiger partial charge in [0.25, 0.3) is 0 Å². The van der Waals surface area contributed by atoms with Gasteiger partial charge in [-0.15, -0.1) is 0 Å². The fourth-order valence-electron chi connectivity index (χ4n) is 3.03. The molecule has 1 saturated carbocycles.